The van der Waals surface area contributed by atoms with E-state index in [1.54, 1.807) is 6.20 Å². The summed E-state index contributed by atoms with van der Waals surface area (Å²) >= 11 is 0. The van der Waals surface area contributed by atoms with Gasteiger partial charge in [-0.1, -0.05) is 12.1 Å². The molecule has 5 heteroatoms. The number of nitrogens with one attached hydrogen (secondary N) is 2. The maximum Gasteiger partial charge on any atom is 0.224 e. The Balaban J connectivity index is 1.59. The number of carbonyl (C=O) groups excluding carboxylic acids is 1. The summed E-state index contributed by atoms with van der Waals surface area (Å²) in [5, 5.41) is 2.89. The van der Waals surface area contributed by atoms with E-state index in [4.69, 9.17) is 0 Å². The van der Waals surface area contributed by atoms with Crippen LogP contribution in [0.1, 0.15) is 28.8 Å². The number of anilines is 1. The van der Waals surface area contributed by atoms with Gasteiger partial charge in [0.1, 0.15) is 0 Å². The molecule has 0 atom stereocenters. The third kappa shape index (κ3) is 3.50. The topological polar surface area (TPSA) is 65.2 Å². The van der Waals surface area contributed by atoms with Crippen LogP contribution in [0.5, 0.6) is 0 Å². The van der Waals surface area contributed by atoms with Crippen LogP contribution in [-0.2, 0) is 30.6 Å². The summed E-state index contributed by atoms with van der Waals surface area (Å²) in [4.78, 5) is 29.7. The van der Waals surface area contributed by atoms with Crippen LogP contribution in [0.15, 0.2) is 35.3 Å². The highest BCUT2D eigenvalue weighted by atomic mass is 16.1. The Bertz CT molecular complexity index is 791. The Morgan fingerprint density at radius 1 is 1.21 bits per heavy atom. The normalized spacial score (nSPS) is 12.8. The molecule has 0 saturated carbocycles. The van der Waals surface area contributed by atoms with Gasteiger partial charge in [-0.3, -0.25) is 9.59 Å². The van der Waals surface area contributed by atoms with E-state index in [2.05, 4.69) is 10.3 Å². The van der Waals surface area contributed by atoms with Crippen LogP contribution in [-0.4, -0.2) is 25.0 Å². The van der Waals surface area contributed by atoms with Crippen molar-refractivity contribution < 1.29 is 4.79 Å². The molecule has 2 N–H and O–H groups in total. The van der Waals surface area contributed by atoms with E-state index in [9.17, 15) is 9.59 Å². The summed E-state index contributed by atoms with van der Waals surface area (Å²) in [6.07, 6.45) is 4.58. The highest BCUT2D eigenvalue weighted by molar-refractivity contribution is 5.78. The van der Waals surface area contributed by atoms with Crippen molar-refractivity contribution in [2.24, 2.45) is 0 Å². The number of benzene rings is 1. The van der Waals surface area contributed by atoms with Crippen molar-refractivity contribution in [3.05, 3.63) is 63.1 Å². The largest absolute Gasteiger partial charge is 0.378 e. The minimum atomic E-state index is -0.130. The highest BCUT2D eigenvalue weighted by Crippen LogP contribution is 2.16. The molecule has 3 rings (SSSR count). The Morgan fingerprint density at radius 2 is 1.96 bits per heavy atom. The minimum absolute atomic E-state index is 0.0340. The van der Waals surface area contributed by atoms with Crippen LogP contribution in [0.3, 0.4) is 0 Å². The second kappa shape index (κ2) is 6.91. The number of aryl methyl sites for hydroxylation is 1. The fourth-order valence-corrected chi connectivity index (χ4v) is 3.07. The number of fused-ring (bicyclic) bond motifs is 1. The number of carbonyl (C=O) groups is 1. The number of H-pyrrole nitrogens is 1. The van der Waals surface area contributed by atoms with E-state index in [0.717, 1.165) is 41.8 Å². The summed E-state index contributed by atoms with van der Waals surface area (Å²) in [6.45, 7) is 0.468. The van der Waals surface area contributed by atoms with Gasteiger partial charge in [-0.05, 0) is 37.0 Å². The first-order valence-electron chi connectivity index (χ1n) is 8.30. The predicted molar refractivity (Wildman–Crippen MR) is 95.4 cm³/mol. The van der Waals surface area contributed by atoms with Gasteiger partial charge < -0.3 is 15.2 Å². The van der Waals surface area contributed by atoms with E-state index < -0.39 is 0 Å². The number of amides is 1. The average Bonchev–Trinajstić information content (AvgIpc) is 3.05. The SMILES string of the molecule is CN(C)c1ccc(CNC(=O)Cc2c[nH]c3c(c2=O)CCC3)cc1. The van der Waals surface area contributed by atoms with Crippen LogP contribution in [0.25, 0.3) is 0 Å². The molecule has 24 heavy (non-hydrogen) atoms. The summed E-state index contributed by atoms with van der Waals surface area (Å²) in [6, 6.07) is 8.04. The summed E-state index contributed by atoms with van der Waals surface area (Å²) in [5.74, 6) is -0.130. The molecule has 0 saturated heterocycles. The maximum absolute atomic E-state index is 12.4. The summed E-state index contributed by atoms with van der Waals surface area (Å²) in [7, 11) is 3.98. The van der Waals surface area contributed by atoms with Gasteiger partial charge in [-0.25, -0.2) is 0 Å². The van der Waals surface area contributed by atoms with E-state index in [1.165, 1.54) is 0 Å². The van der Waals surface area contributed by atoms with E-state index in [0.29, 0.717) is 12.1 Å². The lowest BCUT2D eigenvalue weighted by atomic mass is 10.1. The lowest BCUT2D eigenvalue weighted by molar-refractivity contribution is -0.120. The monoisotopic (exact) mass is 325 g/mol. The molecule has 0 fully saturated rings. The molecule has 1 aromatic carbocycles. The quantitative estimate of drug-likeness (QED) is 0.881. The molecule has 1 aromatic heterocycles. The van der Waals surface area contributed by atoms with Crippen LogP contribution < -0.4 is 15.6 Å². The Kier molecular flexibility index (Phi) is 4.69. The molecular weight excluding hydrogens is 302 g/mol. The number of aromatic amines is 1. The molecule has 1 aliphatic carbocycles. The fraction of sp³-hybridized carbons (Fsp3) is 0.368. The van der Waals surface area contributed by atoms with Crippen molar-refractivity contribution >= 4 is 11.6 Å². The number of aromatic nitrogens is 1. The van der Waals surface area contributed by atoms with Gasteiger partial charge >= 0.3 is 0 Å². The van der Waals surface area contributed by atoms with Gasteiger partial charge in [0.2, 0.25) is 5.91 Å². The first-order valence-corrected chi connectivity index (χ1v) is 8.30. The van der Waals surface area contributed by atoms with Gasteiger partial charge in [-0.2, -0.15) is 0 Å². The number of nitrogens with zero attached hydrogens (tertiary/aromatic N) is 1. The third-order valence-corrected chi connectivity index (χ3v) is 4.50. The zero-order valence-corrected chi connectivity index (χ0v) is 14.2. The van der Waals surface area contributed by atoms with Crippen LogP contribution in [0.2, 0.25) is 0 Å². The molecule has 0 spiro atoms. The van der Waals surface area contributed by atoms with Crippen LogP contribution >= 0.6 is 0 Å². The molecule has 5 nitrogen and oxygen atoms in total. The molecule has 126 valence electrons. The minimum Gasteiger partial charge on any atom is -0.378 e. The van der Waals surface area contributed by atoms with Gasteiger partial charge in [0.25, 0.3) is 0 Å². The predicted octanol–water partition coefficient (Wildman–Crippen LogP) is 1.79. The average molecular weight is 325 g/mol. The zero-order chi connectivity index (χ0) is 17.1. The van der Waals surface area contributed by atoms with Gasteiger partial charge in [0, 0.05) is 49.3 Å². The first kappa shape index (κ1) is 16.3. The van der Waals surface area contributed by atoms with E-state index in [1.807, 2.05) is 43.3 Å². The van der Waals surface area contributed by atoms with E-state index >= 15 is 0 Å². The highest BCUT2D eigenvalue weighted by Gasteiger charge is 2.17. The standard InChI is InChI=1S/C19H23N3O2/c1-22(2)15-8-6-13(7-9-15)11-21-18(23)10-14-12-20-17-5-3-4-16(17)19(14)24/h6-9,12H,3-5,10-11H2,1-2H3,(H,20,24)(H,21,23). The van der Waals surface area contributed by atoms with Gasteiger partial charge in [0.05, 0.1) is 6.42 Å². The van der Waals surface area contributed by atoms with Gasteiger partial charge in [0.15, 0.2) is 5.43 Å². The van der Waals surface area contributed by atoms with Gasteiger partial charge in [-0.15, -0.1) is 0 Å². The number of pyridine rings is 1. The molecule has 1 aliphatic rings. The molecule has 1 amide bonds. The lowest BCUT2D eigenvalue weighted by Crippen LogP contribution is -2.28. The molecule has 0 aliphatic heterocycles. The Hall–Kier alpha value is -2.56. The summed E-state index contributed by atoms with van der Waals surface area (Å²) in [5.41, 5.74) is 4.64. The van der Waals surface area contributed by atoms with Crippen LogP contribution in [0.4, 0.5) is 5.69 Å². The zero-order valence-electron chi connectivity index (χ0n) is 14.2. The Labute approximate surface area is 141 Å². The number of hydrogen-bond acceptors (Lipinski definition) is 3. The molecule has 1 heterocycles. The fourth-order valence-electron chi connectivity index (χ4n) is 3.07. The Morgan fingerprint density at radius 3 is 2.67 bits per heavy atom. The lowest BCUT2D eigenvalue weighted by Gasteiger charge is -2.13. The van der Waals surface area contributed by atoms with Crippen molar-refractivity contribution in [3.8, 4) is 0 Å². The molecule has 0 radical (unpaired) electrons. The smallest absolute Gasteiger partial charge is 0.224 e. The van der Waals surface area contributed by atoms with Crippen molar-refractivity contribution in [1.29, 1.82) is 0 Å². The molecular formula is C19H23N3O2. The van der Waals surface area contributed by atoms with Crippen molar-refractivity contribution in [2.45, 2.75) is 32.2 Å². The number of hydrogen-bond donors (Lipinski definition) is 2. The second-order valence-corrected chi connectivity index (χ2v) is 6.47. The summed E-state index contributed by atoms with van der Waals surface area (Å²) < 4.78 is 0. The van der Waals surface area contributed by atoms with Crippen LogP contribution in [0, 0.1) is 0 Å². The maximum atomic E-state index is 12.4. The second-order valence-electron chi connectivity index (χ2n) is 6.47. The van der Waals surface area contributed by atoms with E-state index in [-0.39, 0.29) is 17.8 Å². The third-order valence-electron chi connectivity index (χ3n) is 4.50. The van der Waals surface area contributed by atoms with Crippen molar-refractivity contribution in [3.63, 3.8) is 0 Å². The van der Waals surface area contributed by atoms with Crippen molar-refractivity contribution in [1.82, 2.24) is 10.3 Å². The number of rotatable bonds is 5. The molecule has 0 bridgehead atoms. The molecule has 2 aromatic rings. The first-order chi connectivity index (χ1) is 11.5. The molecule has 0 unspecified atom stereocenters. The van der Waals surface area contributed by atoms with Crippen molar-refractivity contribution in [2.75, 3.05) is 19.0 Å².